The van der Waals surface area contributed by atoms with Gasteiger partial charge in [-0.15, -0.1) is 11.3 Å². The van der Waals surface area contributed by atoms with Crippen LogP contribution in [-0.4, -0.2) is 75.7 Å². The molecule has 16 nitrogen and oxygen atoms in total. The molecule has 0 radical (unpaired) electrons. The standard InChI is InChI=1S/C22H27N5O11S/c1-8(28)34-6-13-15(35-9(2)29)16(36-10(3)30)17(37-11(4)31)19(38-13)25-18-14(12-7-39-21(23)24-12)20(32)27(5)22(33)26-18/h7,13,15-17,19,25H,6H2,1-5H3,(H2,23,24)(H,26,33). The minimum absolute atomic E-state index is 0.0992. The first kappa shape index (κ1) is 29.3. The normalized spacial score (nSPS) is 22.4. The van der Waals surface area contributed by atoms with E-state index in [2.05, 4.69) is 15.3 Å². The molecular weight excluding hydrogens is 542 g/mol. The predicted octanol–water partition coefficient (Wildman–Crippen LogP) is -0.726. The third kappa shape index (κ3) is 6.99. The highest BCUT2D eigenvalue weighted by Crippen LogP contribution is 2.32. The number of ether oxygens (including phenoxy) is 5. The molecule has 1 aliphatic rings. The van der Waals surface area contributed by atoms with Gasteiger partial charge in [0.2, 0.25) is 0 Å². The number of H-pyrrole nitrogens is 1. The molecule has 1 fully saturated rings. The van der Waals surface area contributed by atoms with Gasteiger partial charge in [0, 0.05) is 40.1 Å². The summed E-state index contributed by atoms with van der Waals surface area (Å²) in [6.45, 7) is 3.93. The van der Waals surface area contributed by atoms with Crippen LogP contribution in [-0.2, 0) is 49.9 Å². The molecule has 0 saturated carbocycles. The third-order valence-electron chi connectivity index (χ3n) is 5.36. The smallest absolute Gasteiger partial charge is 0.329 e. The van der Waals surface area contributed by atoms with E-state index in [-0.39, 0.29) is 22.2 Å². The minimum atomic E-state index is -1.48. The lowest BCUT2D eigenvalue weighted by atomic mass is 9.97. The number of carbonyl (C=O) groups excluding carboxylic acids is 4. The van der Waals surface area contributed by atoms with Crippen LogP contribution in [0, 0.1) is 0 Å². The first-order chi connectivity index (χ1) is 18.3. The molecule has 5 unspecified atom stereocenters. The van der Waals surface area contributed by atoms with Crippen molar-refractivity contribution < 1.29 is 42.9 Å². The number of anilines is 2. The highest BCUT2D eigenvalue weighted by molar-refractivity contribution is 7.13. The summed E-state index contributed by atoms with van der Waals surface area (Å²) in [5.41, 5.74) is 4.22. The van der Waals surface area contributed by atoms with Crippen LogP contribution in [0.25, 0.3) is 11.3 Å². The molecule has 17 heteroatoms. The van der Waals surface area contributed by atoms with Crippen LogP contribution >= 0.6 is 11.3 Å². The van der Waals surface area contributed by atoms with E-state index in [1.165, 1.54) is 12.4 Å². The van der Waals surface area contributed by atoms with E-state index in [0.29, 0.717) is 0 Å². The molecule has 4 N–H and O–H groups in total. The summed E-state index contributed by atoms with van der Waals surface area (Å²) in [5, 5.41) is 4.44. The number of hydrogen-bond acceptors (Lipinski definition) is 15. The Bertz CT molecular complexity index is 1380. The summed E-state index contributed by atoms with van der Waals surface area (Å²) in [7, 11) is 1.25. The summed E-state index contributed by atoms with van der Waals surface area (Å²) in [5.74, 6) is -3.30. The van der Waals surface area contributed by atoms with Crippen molar-refractivity contribution in [1.29, 1.82) is 0 Å². The van der Waals surface area contributed by atoms with Gasteiger partial charge in [-0.05, 0) is 0 Å². The van der Waals surface area contributed by atoms with Gasteiger partial charge in [0.15, 0.2) is 29.7 Å². The van der Waals surface area contributed by atoms with Crippen molar-refractivity contribution >= 4 is 46.2 Å². The van der Waals surface area contributed by atoms with E-state index in [1.807, 2.05) is 0 Å². The van der Waals surface area contributed by atoms with Gasteiger partial charge in [-0.2, -0.15) is 0 Å². The van der Waals surface area contributed by atoms with Gasteiger partial charge < -0.3 is 34.7 Å². The molecule has 2 aromatic rings. The molecule has 212 valence electrons. The second-order valence-electron chi connectivity index (χ2n) is 8.38. The lowest BCUT2D eigenvalue weighted by Crippen LogP contribution is -2.64. The fourth-order valence-corrected chi connectivity index (χ4v) is 4.41. The van der Waals surface area contributed by atoms with Crippen molar-refractivity contribution in [3.05, 3.63) is 26.2 Å². The largest absolute Gasteiger partial charge is 0.463 e. The molecule has 3 heterocycles. The van der Waals surface area contributed by atoms with Gasteiger partial charge in [-0.3, -0.25) is 33.5 Å². The average molecular weight is 570 g/mol. The Morgan fingerprint density at radius 1 is 1.03 bits per heavy atom. The first-order valence-corrected chi connectivity index (χ1v) is 12.3. The Hall–Kier alpha value is -4.25. The maximum Gasteiger partial charge on any atom is 0.329 e. The van der Waals surface area contributed by atoms with Crippen molar-refractivity contribution in [2.75, 3.05) is 17.7 Å². The van der Waals surface area contributed by atoms with Crippen LogP contribution in [0.5, 0.6) is 0 Å². The van der Waals surface area contributed by atoms with E-state index in [4.69, 9.17) is 29.4 Å². The number of rotatable bonds is 8. The molecule has 0 aliphatic carbocycles. The summed E-state index contributed by atoms with van der Waals surface area (Å²) in [6, 6.07) is 0. The van der Waals surface area contributed by atoms with Gasteiger partial charge in [-0.25, -0.2) is 9.78 Å². The number of nitrogen functional groups attached to an aromatic ring is 1. The minimum Gasteiger partial charge on any atom is -0.463 e. The number of nitrogens with zero attached hydrogens (tertiary/aromatic N) is 2. The SMILES string of the molecule is CC(=O)OCC1OC(Nc2[nH]c(=O)n(C)c(=O)c2-c2csc(N)n2)C(OC(C)=O)C(OC(C)=O)C1OC(C)=O. The van der Waals surface area contributed by atoms with E-state index in [0.717, 1.165) is 43.6 Å². The van der Waals surface area contributed by atoms with Crippen LogP contribution in [0.1, 0.15) is 27.7 Å². The Morgan fingerprint density at radius 3 is 2.15 bits per heavy atom. The molecule has 39 heavy (non-hydrogen) atoms. The van der Waals surface area contributed by atoms with E-state index in [1.54, 1.807) is 0 Å². The first-order valence-electron chi connectivity index (χ1n) is 11.4. The fraction of sp³-hybridized carbons (Fsp3) is 0.500. The number of esters is 4. The van der Waals surface area contributed by atoms with Crippen LogP contribution in [0.3, 0.4) is 0 Å². The van der Waals surface area contributed by atoms with E-state index < -0.39 is 72.4 Å². The molecule has 0 spiro atoms. The molecule has 0 aromatic carbocycles. The number of nitrogens with two attached hydrogens (primary N) is 1. The van der Waals surface area contributed by atoms with E-state index in [9.17, 15) is 28.8 Å². The third-order valence-corrected chi connectivity index (χ3v) is 6.03. The second-order valence-corrected chi connectivity index (χ2v) is 9.27. The zero-order valence-corrected chi connectivity index (χ0v) is 22.4. The number of carbonyl (C=O) groups is 4. The summed E-state index contributed by atoms with van der Waals surface area (Å²) >= 11 is 1.05. The fourth-order valence-electron chi connectivity index (χ4n) is 3.86. The second kappa shape index (κ2) is 12.1. The summed E-state index contributed by atoms with van der Waals surface area (Å²) in [6.07, 6.45) is -7.01. The van der Waals surface area contributed by atoms with Crippen molar-refractivity contribution in [2.24, 2.45) is 7.05 Å². The maximum absolute atomic E-state index is 13.1. The molecule has 0 bridgehead atoms. The number of thiazole rings is 1. The number of aromatic amines is 1. The quantitative estimate of drug-likeness (QED) is 0.264. The molecule has 1 aliphatic heterocycles. The Morgan fingerprint density at radius 2 is 1.62 bits per heavy atom. The molecule has 0 amide bonds. The van der Waals surface area contributed by atoms with Crippen LogP contribution in [0.15, 0.2) is 15.0 Å². The number of nitrogens with one attached hydrogen (secondary N) is 2. The average Bonchev–Trinajstić information content (AvgIpc) is 3.24. The van der Waals surface area contributed by atoms with E-state index >= 15 is 0 Å². The molecule has 3 rings (SSSR count). The lowest BCUT2D eigenvalue weighted by Gasteiger charge is -2.44. The molecular formula is C22H27N5O11S. The topological polar surface area (TPSA) is 220 Å². The Kier molecular flexibility index (Phi) is 9.08. The molecule has 5 atom stereocenters. The molecule has 1 saturated heterocycles. The monoisotopic (exact) mass is 569 g/mol. The zero-order chi connectivity index (χ0) is 29.0. The van der Waals surface area contributed by atoms with Crippen molar-refractivity contribution in [1.82, 2.24) is 14.5 Å². The van der Waals surface area contributed by atoms with Crippen LogP contribution in [0.2, 0.25) is 0 Å². The Balaban J connectivity index is 2.15. The van der Waals surface area contributed by atoms with Crippen molar-refractivity contribution in [3.63, 3.8) is 0 Å². The lowest BCUT2D eigenvalue weighted by molar-refractivity contribution is -0.247. The Labute approximate surface area is 224 Å². The zero-order valence-electron chi connectivity index (χ0n) is 21.5. The van der Waals surface area contributed by atoms with Crippen LogP contribution in [0.4, 0.5) is 10.9 Å². The summed E-state index contributed by atoms with van der Waals surface area (Å²) < 4.78 is 27.9. The van der Waals surface area contributed by atoms with Gasteiger partial charge in [0.25, 0.3) is 5.56 Å². The highest BCUT2D eigenvalue weighted by Gasteiger charge is 2.52. The number of hydrogen-bond donors (Lipinski definition) is 3. The van der Waals surface area contributed by atoms with Gasteiger partial charge in [0.05, 0.1) is 5.69 Å². The highest BCUT2D eigenvalue weighted by atomic mass is 32.1. The maximum atomic E-state index is 13.1. The summed E-state index contributed by atoms with van der Waals surface area (Å²) in [4.78, 5) is 79.6. The van der Waals surface area contributed by atoms with Crippen LogP contribution < -0.4 is 22.3 Å². The van der Waals surface area contributed by atoms with Crippen molar-refractivity contribution in [3.8, 4) is 11.3 Å². The number of aromatic nitrogens is 3. The molecule has 2 aromatic heterocycles. The van der Waals surface area contributed by atoms with Gasteiger partial charge in [-0.1, -0.05) is 0 Å². The van der Waals surface area contributed by atoms with Crippen molar-refractivity contribution in [2.45, 2.75) is 58.3 Å². The van der Waals surface area contributed by atoms with Gasteiger partial charge in [0.1, 0.15) is 24.1 Å². The van der Waals surface area contributed by atoms with Gasteiger partial charge >= 0.3 is 29.6 Å². The predicted molar refractivity (Wildman–Crippen MR) is 133 cm³/mol.